The van der Waals surface area contributed by atoms with Crippen LogP contribution >= 0.6 is 12.2 Å². The molecule has 0 unspecified atom stereocenters. The number of aryl methyl sites for hydroxylation is 1. The Balaban J connectivity index is 1.91. The SMILES string of the molecule is Cc1noc([C@H](C)OC(=O)c2ccc3c(=O)n(C)c(=S)[nH]c3c2)n1. The number of carbonyl (C=O) groups is 1. The molecule has 8 nitrogen and oxygen atoms in total. The van der Waals surface area contributed by atoms with Crippen molar-refractivity contribution >= 4 is 29.1 Å². The lowest BCUT2D eigenvalue weighted by molar-refractivity contribution is 0.0265. The molecule has 0 radical (unpaired) electrons. The Morgan fingerprint density at radius 1 is 1.46 bits per heavy atom. The van der Waals surface area contributed by atoms with Gasteiger partial charge in [0.05, 0.1) is 16.5 Å². The minimum atomic E-state index is -0.684. The summed E-state index contributed by atoms with van der Waals surface area (Å²) in [5.41, 5.74) is 0.520. The zero-order valence-corrected chi connectivity index (χ0v) is 14.0. The molecule has 0 saturated heterocycles. The number of fused-ring (bicyclic) bond motifs is 1. The van der Waals surface area contributed by atoms with E-state index in [0.717, 1.165) is 0 Å². The summed E-state index contributed by atoms with van der Waals surface area (Å²) in [6.07, 6.45) is -0.684. The fourth-order valence-electron chi connectivity index (χ4n) is 2.19. The normalized spacial score (nSPS) is 12.3. The summed E-state index contributed by atoms with van der Waals surface area (Å²) < 4.78 is 11.9. The third-order valence-electron chi connectivity index (χ3n) is 3.51. The van der Waals surface area contributed by atoms with E-state index in [-0.39, 0.29) is 21.8 Å². The van der Waals surface area contributed by atoms with Crippen LogP contribution in [0.5, 0.6) is 0 Å². The molecule has 0 amide bonds. The van der Waals surface area contributed by atoms with Gasteiger partial charge in [-0.05, 0) is 44.3 Å². The molecule has 9 heteroatoms. The number of H-pyrrole nitrogens is 1. The van der Waals surface area contributed by atoms with E-state index in [1.807, 2.05) is 0 Å². The van der Waals surface area contributed by atoms with E-state index in [2.05, 4.69) is 15.1 Å². The van der Waals surface area contributed by atoms with E-state index < -0.39 is 12.1 Å². The van der Waals surface area contributed by atoms with Crippen molar-refractivity contribution in [3.8, 4) is 0 Å². The number of hydrogen-bond acceptors (Lipinski definition) is 7. The molecule has 3 aromatic rings. The number of carbonyl (C=O) groups excluding carboxylic acids is 1. The summed E-state index contributed by atoms with van der Waals surface area (Å²) in [7, 11) is 1.58. The van der Waals surface area contributed by atoms with Crippen LogP contribution in [0.4, 0.5) is 0 Å². The lowest BCUT2D eigenvalue weighted by Gasteiger charge is -2.10. The highest BCUT2D eigenvalue weighted by molar-refractivity contribution is 7.71. The van der Waals surface area contributed by atoms with Crippen LogP contribution in [-0.4, -0.2) is 25.7 Å². The Morgan fingerprint density at radius 2 is 2.21 bits per heavy atom. The maximum Gasteiger partial charge on any atom is 0.338 e. The van der Waals surface area contributed by atoms with E-state index >= 15 is 0 Å². The average molecular weight is 346 g/mol. The first kappa shape index (κ1) is 16.1. The third-order valence-corrected chi connectivity index (χ3v) is 3.89. The second-order valence-corrected chi connectivity index (χ2v) is 5.67. The Labute approximate surface area is 141 Å². The molecule has 3 rings (SSSR count). The van der Waals surface area contributed by atoms with Crippen molar-refractivity contribution in [2.45, 2.75) is 20.0 Å². The van der Waals surface area contributed by atoms with Crippen LogP contribution in [0.25, 0.3) is 10.9 Å². The maximum absolute atomic E-state index is 12.3. The van der Waals surface area contributed by atoms with Crippen molar-refractivity contribution in [1.29, 1.82) is 0 Å². The van der Waals surface area contributed by atoms with Gasteiger partial charge in [-0.3, -0.25) is 9.36 Å². The highest BCUT2D eigenvalue weighted by Gasteiger charge is 2.19. The predicted octanol–water partition coefficient (Wildman–Crippen LogP) is 2.21. The molecule has 0 aliphatic heterocycles. The monoisotopic (exact) mass is 346 g/mol. The van der Waals surface area contributed by atoms with Gasteiger partial charge in [-0.2, -0.15) is 4.98 Å². The fraction of sp³-hybridized carbons (Fsp3) is 0.267. The fourth-order valence-corrected chi connectivity index (χ4v) is 2.38. The second-order valence-electron chi connectivity index (χ2n) is 5.28. The molecule has 0 aliphatic rings. The quantitative estimate of drug-likeness (QED) is 0.573. The summed E-state index contributed by atoms with van der Waals surface area (Å²) in [5, 5.41) is 4.09. The summed E-state index contributed by atoms with van der Waals surface area (Å²) in [5.74, 6) is 0.109. The van der Waals surface area contributed by atoms with Gasteiger partial charge in [-0.15, -0.1) is 0 Å². The van der Waals surface area contributed by atoms with Gasteiger partial charge in [0.15, 0.2) is 16.7 Å². The molecule has 1 aromatic carbocycles. The van der Waals surface area contributed by atoms with Crippen molar-refractivity contribution in [1.82, 2.24) is 19.7 Å². The third kappa shape index (κ3) is 2.85. The van der Waals surface area contributed by atoms with Crippen molar-refractivity contribution in [3.63, 3.8) is 0 Å². The molecule has 0 bridgehead atoms. The first-order valence-corrected chi connectivity index (χ1v) is 7.52. The number of ether oxygens (including phenoxy) is 1. The number of aromatic amines is 1. The molecule has 1 atom stereocenters. The van der Waals surface area contributed by atoms with Crippen LogP contribution in [-0.2, 0) is 11.8 Å². The van der Waals surface area contributed by atoms with Gasteiger partial charge in [0.25, 0.3) is 11.4 Å². The zero-order chi connectivity index (χ0) is 17.4. The first-order chi connectivity index (χ1) is 11.4. The van der Waals surface area contributed by atoms with Crippen molar-refractivity contribution in [3.05, 3.63) is 50.6 Å². The first-order valence-electron chi connectivity index (χ1n) is 7.11. The number of esters is 1. The molecule has 1 N–H and O–H groups in total. The van der Waals surface area contributed by atoms with Gasteiger partial charge in [0.1, 0.15) is 0 Å². The number of benzene rings is 1. The molecule has 0 fully saturated rings. The standard InChI is InChI=1S/C15H14N4O4S/c1-7(12-16-8(2)18-23-12)22-14(21)9-4-5-10-11(6-9)17-15(24)19(3)13(10)20/h4-7H,1-3H3,(H,17,24)/t7-/m0/s1. The number of aromatic nitrogens is 4. The molecular formula is C15H14N4O4S. The summed E-state index contributed by atoms with van der Waals surface area (Å²) >= 11 is 5.08. The highest BCUT2D eigenvalue weighted by Crippen LogP contribution is 2.18. The van der Waals surface area contributed by atoms with Crippen molar-refractivity contribution in [2.75, 3.05) is 0 Å². The molecule has 124 valence electrons. The van der Waals surface area contributed by atoms with Crippen LogP contribution < -0.4 is 5.56 Å². The summed E-state index contributed by atoms with van der Waals surface area (Å²) in [6, 6.07) is 4.61. The lowest BCUT2D eigenvalue weighted by atomic mass is 10.1. The number of hydrogen-bond donors (Lipinski definition) is 1. The average Bonchev–Trinajstić information content (AvgIpc) is 2.99. The molecule has 2 aromatic heterocycles. The number of nitrogens with one attached hydrogen (secondary N) is 1. The molecule has 2 heterocycles. The zero-order valence-electron chi connectivity index (χ0n) is 13.2. The van der Waals surface area contributed by atoms with Gasteiger partial charge in [0.2, 0.25) is 0 Å². The summed E-state index contributed by atoms with van der Waals surface area (Å²) in [4.78, 5) is 31.3. The summed E-state index contributed by atoms with van der Waals surface area (Å²) in [6.45, 7) is 3.31. The maximum atomic E-state index is 12.3. The van der Waals surface area contributed by atoms with E-state index in [1.165, 1.54) is 16.7 Å². The Morgan fingerprint density at radius 3 is 2.88 bits per heavy atom. The van der Waals surface area contributed by atoms with E-state index in [4.69, 9.17) is 21.5 Å². The van der Waals surface area contributed by atoms with Crippen LogP contribution in [0.3, 0.4) is 0 Å². The second kappa shape index (κ2) is 6.00. The lowest BCUT2D eigenvalue weighted by Crippen LogP contribution is -2.19. The predicted molar refractivity (Wildman–Crippen MR) is 87.2 cm³/mol. The highest BCUT2D eigenvalue weighted by atomic mass is 32.1. The Kier molecular flexibility index (Phi) is 4.02. The van der Waals surface area contributed by atoms with Crippen molar-refractivity contribution < 1.29 is 14.1 Å². The molecule has 0 saturated carbocycles. The Hall–Kier alpha value is -2.81. The van der Waals surface area contributed by atoms with E-state index in [0.29, 0.717) is 16.7 Å². The minimum Gasteiger partial charge on any atom is -0.449 e. The minimum absolute atomic E-state index is 0.218. The van der Waals surface area contributed by atoms with Gasteiger partial charge in [-0.25, -0.2) is 4.79 Å². The molecule has 24 heavy (non-hydrogen) atoms. The van der Waals surface area contributed by atoms with Gasteiger partial charge >= 0.3 is 5.97 Å². The van der Waals surface area contributed by atoms with Crippen LogP contribution in [0.2, 0.25) is 0 Å². The molecule has 0 aliphatic carbocycles. The molecular weight excluding hydrogens is 332 g/mol. The smallest absolute Gasteiger partial charge is 0.338 e. The number of nitrogens with zero attached hydrogens (tertiary/aromatic N) is 3. The number of rotatable bonds is 3. The van der Waals surface area contributed by atoms with Crippen LogP contribution in [0.15, 0.2) is 27.5 Å². The van der Waals surface area contributed by atoms with Gasteiger partial charge < -0.3 is 14.2 Å². The van der Waals surface area contributed by atoms with E-state index in [1.54, 1.807) is 27.0 Å². The molecule has 0 spiro atoms. The Bertz CT molecular complexity index is 1050. The van der Waals surface area contributed by atoms with Crippen molar-refractivity contribution in [2.24, 2.45) is 7.05 Å². The van der Waals surface area contributed by atoms with Gasteiger partial charge in [-0.1, -0.05) is 5.16 Å². The topological polar surface area (TPSA) is 103 Å². The van der Waals surface area contributed by atoms with E-state index in [9.17, 15) is 9.59 Å². The largest absolute Gasteiger partial charge is 0.449 e. The van der Waals surface area contributed by atoms with Crippen LogP contribution in [0, 0.1) is 11.7 Å². The van der Waals surface area contributed by atoms with Gasteiger partial charge in [0, 0.05) is 7.05 Å². The van der Waals surface area contributed by atoms with Crippen LogP contribution in [0.1, 0.15) is 35.1 Å².